The van der Waals surface area contributed by atoms with Crippen molar-refractivity contribution in [1.82, 2.24) is 0 Å². The number of rotatable bonds is 8. The van der Waals surface area contributed by atoms with Crippen molar-refractivity contribution in [3.8, 4) is 21.6 Å². The molecule has 0 amide bonds. The normalized spacial score (nSPS) is 11.0. The van der Waals surface area contributed by atoms with E-state index in [9.17, 15) is 4.79 Å². The number of hydrogen-bond acceptors (Lipinski definition) is 3. The fraction of sp³-hybridized carbons (Fsp3) is 0. The molecular weight excluding hydrogens is 506 g/mol. The monoisotopic (exact) mass is 533 g/mol. The minimum Gasteiger partial charge on any atom is -0.311 e. The van der Waals surface area contributed by atoms with E-state index in [2.05, 4.69) is 138 Å². The van der Waals surface area contributed by atoms with Gasteiger partial charge in [0.2, 0.25) is 0 Å². The van der Waals surface area contributed by atoms with Crippen molar-refractivity contribution in [3.05, 3.63) is 162 Å². The minimum atomic E-state index is 0.750. The lowest BCUT2D eigenvalue weighted by molar-refractivity contribution is 0.112. The number of para-hydroxylation sites is 2. The Balaban J connectivity index is 1.16. The van der Waals surface area contributed by atoms with Crippen LogP contribution in [0.5, 0.6) is 0 Å². The predicted octanol–water partition coefficient (Wildman–Crippen LogP) is 10.5. The molecule has 6 rings (SSSR count). The Kier molecular flexibility index (Phi) is 7.47. The number of aldehydes is 1. The van der Waals surface area contributed by atoms with E-state index in [1.807, 2.05) is 24.3 Å². The lowest BCUT2D eigenvalue weighted by Crippen LogP contribution is -2.09. The van der Waals surface area contributed by atoms with Crippen LogP contribution >= 0.6 is 11.3 Å². The molecular formula is C37H27NOS. The van der Waals surface area contributed by atoms with Gasteiger partial charge in [-0.15, -0.1) is 11.3 Å². The molecule has 0 unspecified atom stereocenters. The van der Waals surface area contributed by atoms with Crippen LogP contribution in [0.4, 0.5) is 17.1 Å². The fourth-order valence-corrected chi connectivity index (χ4v) is 5.54. The van der Waals surface area contributed by atoms with E-state index in [0.29, 0.717) is 0 Å². The summed E-state index contributed by atoms with van der Waals surface area (Å²) in [5, 5.41) is 0. The highest BCUT2D eigenvalue weighted by Crippen LogP contribution is 2.35. The molecule has 1 aromatic heterocycles. The minimum absolute atomic E-state index is 0.750. The summed E-state index contributed by atoms with van der Waals surface area (Å²) in [5.74, 6) is 0. The van der Waals surface area contributed by atoms with Crippen LogP contribution < -0.4 is 4.90 Å². The van der Waals surface area contributed by atoms with Crippen molar-refractivity contribution in [3.63, 3.8) is 0 Å². The van der Waals surface area contributed by atoms with Crippen molar-refractivity contribution in [2.24, 2.45) is 0 Å². The van der Waals surface area contributed by atoms with Gasteiger partial charge in [0.05, 0.1) is 4.88 Å². The highest BCUT2D eigenvalue weighted by atomic mass is 32.1. The predicted molar refractivity (Wildman–Crippen MR) is 171 cm³/mol. The van der Waals surface area contributed by atoms with Crippen molar-refractivity contribution < 1.29 is 4.79 Å². The van der Waals surface area contributed by atoms with Gasteiger partial charge in [-0.3, -0.25) is 4.79 Å². The molecule has 5 aromatic carbocycles. The Morgan fingerprint density at radius 3 is 1.38 bits per heavy atom. The highest BCUT2D eigenvalue weighted by Gasteiger charge is 2.12. The van der Waals surface area contributed by atoms with E-state index in [-0.39, 0.29) is 0 Å². The summed E-state index contributed by atoms with van der Waals surface area (Å²) < 4.78 is 0. The van der Waals surface area contributed by atoms with Crippen molar-refractivity contribution >= 4 is 46.8 Å². The van der Waals surface area contributed by atoms with Crippen LogP contribution in [-0.2, 0) is 0 Å². The Bertz CT molecular complexity index is 1680. The first-order valence-corrected chi connectivity index (χ1v) is 14.0. The van der Waals surface area contributed by atoms with Crippen molar-refractivity contribution in [1.29, 1.82) is 0 Å². The molecule has 40 heavy (non-hydrogen) atoms. The van der Waals surface area contributed by atoms with Gasteiger partial charge in [0.15, 0.2) is 6.29 Å². The van der Waals surface area contributed by atoms with E-state index >= 15 is 0 Å². The topological polar surface area (TPSA) is 20.3 Å². The van der Waals surface area contributed by atoms with Gasteiger partial charge in [-0.25, -0.2) is 0 Å². The van der Waals surface area contributed by atoms with Gasteiger partial charge >= 0.3 is 0 Å². The van der Waals surface area contributed by atoms with Gasteiger partial charge in [0.25, 0.3) is 0 Å². The van der Waals surface area contributed by atoms with E-state index in [4.69, 9.17) is 0 Å². The van der Waals surface area contributed by atoms with Crippen LogP contribution in [0, 0.1) is 0 Å². The molecule has 0 radical (unpaired) electrons. The third-order valence-corrected chi connectivity index (χ3v) is 7.86. The maximum Gasteiger partial charge on any atom is 0.160 e. The van der Waals surface area contributed by atoms with Crippen LogP contribution in [0.1, 0.15) is 20.8 Å². The molecule has 0 aliphatic rings. The number of carbonyl (C=O) groups excluding carboxylic acids is 1. The standard InChI is InChI=1S/C37H27NOS/c39-27-36-25-26-37(40-36)32-19-15-29(16-20-32)12-11-28-13-17-30(18-14-28)31-21-23-35(24-22-31)38(33-7-3-1-4-8-33)34-9-5-2-6-10-34/h1-27H. The number of carbonyl (C=O) groups is 1. The molecule has 3 heteroatoms. The summed E-state index contributed by atoms with van der Waals surface area (Å²) in [7, 11) is 0. The van der Waals surface area contributed by atoms with Gasteiger partial charge in [0, 0.05) is 21.9 Å². The number of hydrogen-bond donors (Lipinski definition) is 0. The first kappa shape index (κ1) is 25.3. The van der Waals surface area contributed by atoms with E-state index in [1.54, 1.807) is 0 Å². The van der Waals surface area contributed by atoms with Crippen molar-refractivity contribution in [2.45, 2.75) is 0 Å². The zero-order chi connectivity index (χ0) is 27.1. The molecule has 0 atom stereocenters. The molecule has 1 heterocycles. The molecule has 192 valence electrons. The van der Waals surface area contributed by atoms with Gasteiger partial charge < -0.3 is 4.90 Å². The third kappa shape index (κ3) is 5.70. The Morgan fingerprint density at radius 2 is 0.900 bits per heavy atom. The molecule has 0 saturated heterocycles. The second-order valence-corrected chi connectivity index (χ2v) is 10.6. The maximum absolute atomic E-state index is 11.0. The van der Waals surface area contributed by atoms with Gasteiger partial charge in [-0.05, 0) is 76.3 Å². The molecule has 2 nitrogen and oxygen atoms in total. The Hall–Kier alpha value is -4.99. The number of nitrogens with zero attached hydrogens (tertiary/aromatic N) is 1. The van der Waals surface area contributed by atoms with Crippen LogP contribution in [0.3, 0.4) is 0 Å². The second kappa shape index (κ2) is 11.8. The van der Waals surface area contributed by atoms with Crippen LogP contribution in [0.25, 0.3) is 33.7 Å². The number of thiophene rings is 1. The van der Waals surface area contributed by atoms with Crippen LogP contribution in [0.2, 0.25) is 0 Å². The Labute approximate surface area is 239 Å². The summed E-state index contributed by atoms with van der Waals surface area (Å²) >= 11 is 1.51. The molecule has 0 aliphatic heterocycles. The molecule has 6 aromatic rings. The lowest BCUT2D eigenvalue weighted by Gasteiger charge is -2.25. The zero-order valence-electron chi connectivity index (χ0n) is 21.9. The zero-order valence-corrected chi connectivity index (χ0v) is 22.7. The summed E-state index contributed by atoms with van der Waals surface area (Å²) in [6.07, 6.45) is 5.16. The largest absolute Gasteiger partial charge is 0.311 e. The van der Waals surface area contributed by atoms with Crippen LogP contribution in [0.15, 0.2) is 146 Å². The van der Waals surface area contributed by atoms with E-state index < -0.39 is 0 Å². The van der Waals surface area contributed by atoms with E-state index in [1.165, 1.54) is 22.5 Å². The maximum atomic E-state index is 11.0. The molecule has 0 spiro atoms. The summed E-state index contributed by atoms with van der Waals surface area (Å²) in [6.45, 7) is 0. The van der Waals surface area contributed by atoms with Gasteiger partial charge in [-0.1, -0.05) is 109 Å². The van der Waals surface area contributed by atoms with E-state index in [0.717, 1.165) is 49.8 Å². The second-order valence-electron chi connectivity index (χ2n) is 9.45. The quantitative estimate of drug-likeness (QED) is 0.143. The first-order valence-electron chi connectivity index (χ1n) is 13.2. The van der Waals surface area contributed by atoms with Gasteiger partial charge in [0.1, 0.15) is 0 Å². The molecule has 0 bridgehead atoms. The average molecular weight is 534 g/mol. The summed E-state index contributed by atoms with van der Waals surface area (Å²) in [5.41, 5.74) is 9.16. The van der Waals surface area contributed by atoms with Crippen LogP contribution in [-0.4, -0.2) is 6.29 Å². The smallest absolute Gasteiger partial charge is 0.160 e. The fourth-order valence-electron chi connectivity index (χ4n) is 4.71. The number of anilines is 3. The SMILES string of the molecule is O=Cc1ccc(-c2ccc(C=Cc3ccc(-c4ccc(N(c5ccccc5)c5ccccc5)cc4)cc3)cc2)s1. The van der Waals surface area contributed by atoms with Gasteiger partial charge in [-0.2, -0.15) is 0 Å². The third-order valence-electron chi connectivity index (χ3n) is 6.80. The Morgan fingerprint density at radius 1 is 0.450 bits per heavy atom. The summed E-state index contributed by atoms with van der Waals surface area (Å²) in [6, 6.07) is 50.6. The first-order chi connectivity index (χ1) is 19.8. The summed E-state index contributed by atoms with van der Waals surface area (Å²) in [4.78, 5) is 15.1. The highest BCUT2D eigenvalue weighted by molar-refractivity contribution is 7.17. The molecule has 0 saturated carbocycles. The number of benzene rings is 5. The average Bonchev–Trinajstić information content (AvgIpc) is 3.52. The van der Waals surface area contributed by atoms with Crippen molar-refractivity contribution in [2.75, 3.05) is 4.90 Å². The molecule has 0 fully saturated rings. The molecule has 0 N–H and O–H groups in total. The molecule has 0 aliphatic carbocycles. The lowest BCUT2D eigenvalue weighted by atomic mass is 10.0.